The van der Waals surface area contributed by atoms with E-state index in [2.05, 4.69) is 64.1 Å². The summed E-state index contributed by atoms with van der Waals surface area (Å²) in [6.07, 6.45) is 5.31. The fraction of sp³-hybridized carbons (Fsp3) is 0.438. The molecular formula is C32H40O3. The van der Waals surface area contributed by atoms with E-state index in [0.29, 0.717) is 23.5 Å². The van der Waals surface area contributed by atoms with Gasteiger partial charge in [0.2, 0.25) is 0 Å². The highest BCUT2D eigenvalue weighted by molar-refractivity contribution is 5.44. The molecule has 2 unspecified atom stereocenters. The van der Waals surface area contributed by atoms with Crippen molar-refractivity contribution in [3.8, 4) is 17.2 Å². The van der Waals surface area contributed by atoms with Gasteiger partial charge in [0.05, 0.1) is 0 Å². The first-order valence-electron chi connectivity index (χ1n) is 13.0. The molecule has 0 spiro atoms. The molecule has 0 bridgehead atoms. The van der Waals surface area contributed by atoms with Crippen LogP contribution in [0.4, 0.5) is 0 Å². The lowest BCUT2D eigenvalue weighted by Gasteiger charge is -2.48. The van der Waals surface area contributed by atoms with Crippen LogP contribution in [0.3, 0.4) is 0 Å². The molecule has 35 heavy (non-hydrogen) atoms. The zero-order chi connectivity index (χ0) is 25.2. The van der Waals surface area contributed by atoms with Gasteiger partial charge < -0.3 is 15.3 Å². The summed E-state index contributed by atoms with van der Waals surface area (Å²) in [7, 11) is 0. The molecule has 3 aromatic carbocycles. The van der Waals surface area contributed by atoms with Crippen molar-refractivity contribution in [3.63, 3.8) is 0 Å². The smallest absolute Gasteiger partial charge is 0.115 e. The van der Waals surface area contributed by atoms with Crippen molar-refractivity contribution in [1.29, 1.82) is 0 Å². The van der Waals surface area contributed by atoms with Crippen LogP contribution in [-0.2, 0) is 10.8 Å². The van der Waals surface area contributed by atoms with E-state index in [1.807, 2.05) is 12.1 Å². The van der Waals surface area contributed by atoms with Gasteiger partial charge in [0, 0.05) is 5.41 Å². The maximum atomic E-state index is 9.93. The average molecular weight is 473 g/mol. The Morgan fingerprint density at radius 3 is 1.51 bits per heavy atom. The molecule has 0 amide bonds. The molecule has 0 aliphatic heterocycles. The van der Waals surface area contributed by atoms with E-state index < -0.39 is 0 Å². The highest BCUT2D eigenvalue weighted by Gasteiger charge is 2.45. The number of phenols is 3. The Balaban J connectivity index is 1.69. The Morgan fingerprint density at radius 1 is 0.714 bits per heavy atom. The molecule has 3 N–H and O–H groups in total. The molecule has 186 valence electrons. The summed E-state index contributed by atoms with van der Waals surface area (Å²) in [5.74, 6) is 2.61. The lowest BCUT2D eigenvalue weighted by molar-refractivity contribution is 0.143. The third kappa shape index (κ3) is 5.05. The molecule has 4 rings (SSSR count). The van der Waals surface area contributed by atoms with E-state index in [-0.39, 0.29) is 22.3 Å². The molecule has 2 atom stereocenters. The summed E-state index contributed by atoms with van der Waals surface area (Å²) < 4.78 is 0. The quantitative estimate of drug-likeness (QED) is 0.327. The van der Waals surface area contributed by atoms with Crippen LogP contribution in [0.5, 0.6) is 17.2 Å². The minimum Gasteiger partial charge on any atom is -0.508 e. The van der Waals surface area contributed by atoms with Crippen LogP contribution in [0.2, 0.25) is 0 Å². The summed E-state index contributed by atoms with van der Waals surface area (Å²) in [6, 6.07) is 23.3. The lowest BCUT2D eigenvalue weighted by atomic mass is 9.56. The van der Waals surface area contributed by atoms with Crippen LogP contribution in [0.15, 0.2) is 72.8 Å². The number of rotatable bonds is 7. The van der Waals surface area contributed by atoms with Crippen molar-refractivity contribution in [2.75, 3.05) is 0 Å². The molecule has 1 aliphatic rings. The molecule has 3 nitrogen and oxygen atoms in total. The Labute approximate surface area is 210 Å². The van der Waals surface area contributed by atoms with Gasteiger partial charge in [-0.15, -0.1) is 0 Å². The molecular weight excluding hydrogens is 432 g/mol. The average Bonchev–Trinajstić information content (AvgIpc) is 2.85. The van der Waals surface area contributed by atoms with Crippen LogP contribution in [0, 0.1) is 17.8 Å². The van der Waals surface area contributed by atoms with E-state index >= 15 is 0 Å². The van der Waals surface area contributed by atoms with Gasteiger partial charge in [-0.2, -0.15) is 0 Å². The third-order valence-electron chi connectivity index (χ3n) is 8.99. The maximum absolute atomic E-state index is 9.93. The van der Waals surface area contributed by atoms with Crippen LogP contribution in [-0.4, -0.2) is 15.3 Å². The van der Waals surface area contributed by atoms with Gasteiger partial charge >= 0.3 is 0 Å². The Hall–Kier alpha value is -2.94. The van der Waals surface area contributed by atoms with Crippen molar-refractivity contribution in [1.82, 2.24) is 0 Å². The predicted molar refractivity (Wildman–Crippen MR) is 143 cm³/mol. The van der Waals surface area contributed by atoms with E-state index in [0.717, 1.165) is 32.1 Å². The van der Waals surface area contributed by atoms with Crippen LogP contribution in [0.1, 0.15) is 76.5 Å². The molecule has 0 heterocycles. The van der Waals surface area contributed by atoms with Crippen molar-refractivity contribution in [2.24, 2.45) is 17.8 Å². The lowest BCUT2D eigenvalue weighted by Crippen LogP contribution is -2.41. The summed E-state index contributed by atoms with van der Waals surface area (Å²) in [4.78, 5) is 0. The summed E-state index contributed by atoms with van der Waals surface area (Å²) in [5, 5.41) is 29.8. The Kier molecular flexibility index (Phi) is 7.17. The van der Waals surface area contributed by atoms with E-state index in [1.54, 1.807) is 24.3 Å². The second kappa shape index (κ2) is 9.97. The van der Waals surface area contributed by atoms with Crippen LogP contribution >= 0.6 is 0 Å². The largest absolute Gasteiger partial charge is 0.508 e. The first kappa shape index (κ1) is 25.2. The topological polar surface area (TPSA) is 60.7 Å². The Bertz CT molecular complexity index is 1040. The summed E-state index contributed by atoms with van der Waals surface area (Å²) >= 11 is 0. The fourth-order valence-corrected chi connectivity index (χ4v) is 6.32. The zero-order valence-electron chi connectivity index (χ0n) is 21.5. The summed E-state index contributed by atoms with van der Waals surface area (Å²) in [6.45, 7) is 9.41. The highest BCUT2D eigenvalue weighted by atomic mass is 16.3. The van der Waals surface area contributed by atoms with Gasteiger partial charge in [-0.3, -0.25) is 0 Å². The number of benzene rings is 3. The van der Waals surface area contributed by atoms with Crippen LogP contribution in [0.25, 0.3) is 0 Å². The SMILES string of the molecule is CC(C)C(C)CC(C)(c1ccc(O)cc1)C1CCC(c2ccc(O)cc2)(c2ccc(O)cc2)CC1. The number of hydrogen-bond acceptors (Lipinski definition) is 3. The van der Waals surface area contributed by atoms with Crippen molar-refractivity contribution < 1.29 is 15.3 Å². The summed E-state index contributed by atoms with van der Waals surface area (Å²) in [5.41, 5.74) is 3.64. The Morgan fingerprint density at radius 2 is 1.11 bits per heavy atom. The third-order valence-corrected chi connectivity index (χ3v) is 8.99. The minimum absolute atomic E-state index is 0.0213. The molecule has 3 heteroatoms. The van der Waals surface area contributed by atoms with E-state index in [9.17, 15) is 15.3 Å². The van der Waals surface area contributed by atoms with Gasteiger partial charge in [-0.25, -0.2) is 0 Å². The number of phenolic OH excluding ortho intramolecular Hbond substituents is 3. The second-order valence-electron chi connectivity index (χ2n) is 11.3. The maximum Gasteiger partial charge on any atom is 0.115 e. The van der Waals surface area contributed by atoms with Crippen LogP contribution < -0.4 is 0 Å². The molecule has 1 saturated carbocycles. The van der Waals surface area contributed by atoms with E-state index in [1.165, 1.54) is 16.7 Å². The molecule has 1 aliphatic carbocycles. The number of aromatic hydroxyl groups is 3. The second-order valence-corrected chi connectivity index (χ2v) is 11.3. The normalized spacial score (nSPS) is 18.8. The van der Waals surface area contributed by atoms with Gasteiger partial charge in [-0.05, 0) is 108 Å². The predicted octanol–water partition coefficient (Wildman–Crippen LogP) is 7.92. The molecule has 3 aromatic rings. The van der Waals surface area contributed by atoms with Crippen molar-refractivity contribution in [2.45, 2.75) is 70.6 Å². The highest BCUT2D eigenvalue weighted by Crippen LogP contribution is 2.53. The molecule has 0 aromatic heterocycles. The zero-order valence-corrected chi connectivity index (χ0v) is 21.5. The van der Waals surface area contributed by atoms with Gasteiger partial charge in [0.15, 0.2) is 0 Å². The van der Waals surface area contributed by atoms with E-state index in [4.69, 9.17) is 0 Å². The first-order chi connectivity index (χ1) is 16.6. The van der Waals surface area contributed by atoms with Gasteiger partial charge in [0.25, 0.3) is 0 Å². The van der Waals surface area contributed by atoms with Crippen molar-refractivity contribution in [3.05, 3.63) is 89.5 Å². The van der Waals surface area contributed by atoms with Crippen molar-refractivity contribution >= 4 is 0 Å². The number of hydrogen-bond donors (Lipinski definition) is 3. The van der Waals surface area contributed by atoms with Gasteiger partial charge in [-0.1, -0.05) is 64.1 Å². The molecule has 0 radical (unpaired) electrons. The monoisotopic (exact) mass is 472 g/mol. The minimum atomic E-state index is -0.141. The standard InChI is InChI=1S/C32H40O3/c1-22(2)23(3)21-31(4,24-5-11-28(33)12-6-24)25-17-19-32(20-18-25,26-7-13-29(34)14-8-26)27-9-15-30(35)16-10-27/h5-16,22-23,25,33-35H,17-21H2,1-4H3. The molecule has 0 saturated heterocycles. The fourth-order valence-electron chi connectivity index (χ4n) is 6.32. The molecule has 1 fully saturated rings. The first-order valence-corrected chi connectivity index (χ1v) is 13.0. The van der Waals surface area contributed by atoms with Gasteiger partial charge in [0.1, 0.15) is 17.2 Å².